The number of benzene rings is 1. The van der Waals surface area contributed by atoms with Crippen molar-refractivity contribution in [3.63, 3.8) is 0 Å². The van der Waals surface area contributed by atoms with Gasteiger partial charge in [0.2, 0.25) is 5.91 Å². The van der Waals surface area contributed by atoms with Gasteiger partial charge in [-0.3, -0.25) is 19.1 Å². The molecule has 0 saturated heterocycles. The van der Waals surface area contributed by atoms with Crippen molar-refractivity contribution in [2.24, 2.45) is 5.92 Å². The number of H-pyrrole nitrogens is 1. The Morgan fingerprint density at radius 2 is 1.97 bits per heavy atom. The van der Waals surface area contributed by atoms with E-state index >= 15 is 0 Å². The number of carbonyl (C=O) groups is 1. The second kappa shape index (κ2) is 11.0. The standard InChI is InChI=1S/C24H30FN5O4/c1-4-5-12-29-22(26)21(23(32)28-24(29)33)30(14-15(2)3)20(31)11-10-19-27-13-18(34-19)16-6-8-17(25)9-7-16/h6-9,13,15H,4-5,10-12,14,26H2,1-3H3,(H,28,32,33). The zero-order valence-electron chi connectivity index (χ0n) is 19.6. The van der Waals surface area contributed by atoms with E-state index in [1.165, 1.54) is 27.8 Å². The SMILES string of the molecule is CCCCn1c(N)c(N(CC(C)C)C(=O)CCc2ncc(-c3ccc(F)cc3)o2)c(=O)[nH]c1=O. The van der Waals surface area contributed by atoms with Gasteiger partial charge in [0.15, 0.2) is 17.3 Å². The predicted molar refractivity (Wildman–Crippen MR) is 128 cm³/mol. The van der Waals surface area contributed by atoms with E-state index in [9.17, 15) is 18.8 Å². The smallest absolute Gasteiger partial charge is 0.330 e. The molecule has 0 radical (unpaired) electrons. The molecule has 0 fully saturated rings. The molecule has 1 aromatic carbocycles. The molecular weight excluding hydrogens is 441 g/mol. The highest BCUT2D eigenvalue weighted by atomic mass is 19.1. The number of nitrogens with zero attached hydrogens (tertiary/aromatic N) is 3. The van der Waals surface area contributed by atoms with Crippen molar-refractivity contribution in [2.45, 2.75) is 53.0 Å². The lowest BCUT2D eigenvalue weighted by molar-refractivity contribution is -0.118. The highest BCUT2D eigenvalue weighted by Gasteiger charge is 2.25. The van der Waals surface area contributed by atoms with E-state index < -0.39 is 11.2 Å². The molecule has 0 aliphatic carbocycles. The molecule has 0 saturated carbocycles. The summed E-state index contributed by atoms with van der Waals surface area (Å²) in [5.41, 5.74) is 5.58. The number of carbonyl (C=O) groups excluding carboxylic acids is 1. The van der Waals surface area contributed by atoms with Gasteiger partial charge in [-0.15, -0.1) is 0 Å². The summed E-state index contributed by atoms with van der Waals surface area (Å²) in [6.45, 7) is 6.41. The number of rotatable bonds is 10. The van der Waals surface area contributed by atoms with Crippen LogP contribution >= 0.6 is 0 Å². The van der Waals surface area contributed by atoms with Gasteiger partial charge in [0.25, 0.3) is 5.56 Å². The maximum Gasteiger partial charge on any atom is 0.330 e. The van der Waals surface area contributed by atoms with E-state index in [4.69, 9.17) is 10.2 Å². The van der Waals surface area contributed by atoms with E-state index in [1.54, 1.807) is 12.1 Å². The Labute approximate surface area is 196 Å². The fourth-order valence-corrected chi connectivity index (χ4v) is 3.58. The quantitative estimate of drug-likeness (QED) is 0.467. The normalized spacial score (nSPS) is 11.2. The van der Waals surface area contributed by atoms with Crippen molar-refractivity contribution in [3.05, 3.63) is 63.0 Å². The number of hydrogen-bond donors (Lipinski definition) is 2. The first-order valence-electron chi connectivity index (χ1n) is 11.3. The minimum absolute atomic E-state index is 0.0169. The summed E-state index contributed by atoms with van der Waals surface area (Å²) in [5, 5.41) is 0. The van der Waals surface area contributed by atoms with Crippen LogP contribution in [0.15, 0.2) is 44.5 Å². The summed E-state index contributed by atoms with van der Waals surface area (Å²) in [6, 6.07) is 5.81. The molecule has 0 spiro atoms. The first-order valence-corrected chi connectivity index (χ1v) is 11.3. The molecule has 3 N–H and O–H groups in total. The minimum atomic E-state index is -0.695. The van der Waals surface area contributed by atoms with Crippen molar-refractivity contribution >= 4 is 17.4 Å². The summed E-state index contributed by atoms with van der Waals surface area (Å²) in [4.78, 5) is 46.0. The number of aromatic nitrogens is 3. The second-order valence-corrected chi connectivity index (χ2v) is 8.52. The van der Waals surface area contributed by atoms with Crippen LogP contribution in [0.25, 0.3) is 11.3 Å². The lowest BCUT2D eigenvalue weighted by Gasteiger charge is -2.26. The Kier molecular flexibility index (Phi) is 8.04. The van der Waals surface area contributed by atoms with E-state index in [-0.39, 0.29) is 48.5 Å². The molecule has 34 heavy (non-hydrogen) atoms. The topological polar surface area (TPSA) is 127 Å². The number of nitrogens with one attached hydrogen (secondary N) is 1. The second-order valence-electron chi connectivity index (χ2n) is 8.52. The van der Waals surface area contributed by atoms with Gasteiger partial charge >= 0.3 is 5.69 Å². The van der Waals surface area contributed by atoms with Crippen LogP contribution in [0.3, 0.4) is 0 Å². The minimum Gasteiger partial charge on any atom is -0.441 e. The zero-order chi connectivity index (χ0) is 24.8. The maximum absolute atomic E-state index is 13.2. The Morgan fingerprint density at radius 1 is 1.26 bits per heavy atom. The first-order chi connectivity index (χ1) is 16.2. The van der Waals surface area contributed by atoms with Crippen molar-refractivity contribution < 1.29 is 13.6 Å². The summed E-state index contributed by atoms with van der Waals surface area (Å²) >= 11 is 0. The highest BCUT2D eigenvalue weighted by molar-refractivity contribution is 5.95. The summed E-state index contributed by atoms with van der Waals surface area (Å²) in [6.07, 6.45) is 3.27. The molecule has 0 bridgehead atoms. The molecule has 182 valence electrons. The fourth-order valence-electron chi connectivity index (χ4n) is 3.58. The third-order valence-electron chi connectivity index (χ3n) is 5.30. The van der Waals surface area contributed by atoms with Gasteiger partial charge in [0.05, 0.1) is 6.20 Å². The third kappa shape index (κ3) is 5.81. The Balaban J connectivity index is 1.83. The van der Waals surface area contributed by atoms with Crippen LogP contribution in [0.1, 0.15) is 45.9 Å². The summed E-state index contributed by atoms with van der Waals surface area (Å²) < 4.78 is 20.2. The number of anilines is 2. The van der Waals surface area contributed by atoms with E-state index in [0.717, 1.165) is 6.42 Å². The van der Waals surface area contributed by atoms with Crippen LogP contribution in [-0.4, -0.2) is 27.0 Å². The number of aromatic amines is 1. The van der Waals surface area contributed by atoms with E-state index in [2.05, 4.69) is 9.97 Å². The van der Waals surface area contributed by atoms with Gasteiger partial charge in [-0.1, -0.05) is 27.2 Å². The number of oxazole rings is 1. The molecule has 2 heterocycles. The van der Waals surface area contributed by atoms with E-state index in [0.29, 0.717) is 30.2 Å². The predicted octanol–water partition coefficient (Wildman–Crippen LogP) is 3.33. The number of amides is 1. The Bertz CT molecular complexity index is 1240. The monoisotopic (exact) mass is 471 g/mol. The lowest BCUT2D eigenvalue weighted by atomic mass is 10.1. The van der Waals surface area contributed by atoms with E-state index in [1.807, 2.05) is 20.8 Å². The van der Waals surface area contributed by atoms with Crippen LogP contribution < -0.4 is 21.9 Å². The van der Waals surface area contributed by atoms with Gasteiger partial charge in [0.1, 0.15) is 11.6 Å². The van der Waals surface area contributed by atoms with Gasteiger partial charge < -0.3 is 15.1 Å². The zero-order valence-corrected chi connectivity index (χ0v) is 19.6. The fraction of sp³-hybridized carbons (Fsp3) is 0.417. The number of unbranched alkanes of at least 4 members (excludes halogenated alkanes) is 1. The average Bonchev–Trinajstić information content (AvgIpc) is 3.26. The Hall–Kier alpha value is -3.69. The molecule has 0 aliphatic rings. The van der Waals surface area contributed by atoms with Crippen molar-refractivity contribution in [1.82, 2.24) is 14.5 Å². The number of halogens is 1. The van der Waals surface area contributed by atoms with Crippen LogP contribution in [0.2, 0.25) is 0 Å². The number of aryl methyl sites for hydroxylation is 1. The van der Waals surface area contributed by atoms with Crippen molar-refractivity contribution in [2.75, 3.05) is 17.2 Å². The molecule has 0 atom stereocenters. The van der Waals surface area contributed by atoms with Gasteiger partial charge in [-0.2, -0.15) is 0 Å². The molecule has 0 unspecified atom stereocenters. The molecule has 2 aromatic heterocycles. The molecule has 3 rings (SSSR count). The lowest BCUT2D eigenvalue weighted by Crippen LogP contribution is -2.42. The van der Waals surface area contributed by atoms with Gasteiger partial charge in [-0.25, -0.2) is 14.2 Å². The van der Waals surface area contributed by atoms with Crippen molar-refractivity contribution in [1.29, 1.82) is 0 Å². The number of nitrogen functional groups attached to an aromatic ring is 1. The first kappa shape index (κ1) is 24.9. The molecular formula is C24H30FN5O4. The van der Waals surface area contributed by atoms with Crippen LogP contribution in [0.5, 0.6) is 0 Å². The maximum atomic E-state index is 13.2. The average molecular weight is 472 g/mol. The van der Waals surface area contributed by atoms with Crippen molar-refractivity contribution in [3.8, 4) is 11.3 Å². The third-order valence-corrected chi connectivity index (χ3v) is 5.30. The van der Waals surface area contributed by atoms with Gasteiger partial charge in [0, 0.05) is 31.5 Å². The largest absolute Gasteiger partial charge is 0.441 e. The van der Waals surface area contributed by atoms with Gasteiger partial charge in [-0.05, 0) is 36.6 Å². The summed E-state index contributed by atoms with van der Waals surface area (Å²) in [7, 11) is 0. The molecule has 9 nitrogen and oxygen atoms in total. The van der Waals surface area contributed by atoms with Crippen LogP contribution in [0, 0.1) is 11.7 Å². The molecule has 0 aliphatic heterocycles. The van der Waals surface area contributed by atoms with Crippen LogP contribution in [-0.2, 0) is 17.8 Å². The molecule has 1 amide bonds. The van der Waals surface area contributed by atoms with Crippen LogP contribution in [0.4, 0.5) is 15.9 Å². The molecule has 3 aromatic rings. The highest BCUT2D eigenvalue weighted by Crippen LogP contribution is 2.23. The summed E-state index contributed by atoms with van der Waals surface area (Å²) in [5.74, 6) is 0.136. The Morgan fingerprint density at radius 3 is 2.62 bits per heavy atom. The number of hydrogen-bond acceptors (Lipinski definition) is 6. The number of nitrogens with two attached hydrogens (primary N) is 1. The molecule has 10 heteroatoms.